The second kappa shape index (κ2) is 9.13. The third-order valence-corrected chi connectivity index (χ3v) is 6.09. The second-order valence-corrected chi connectivity index (χ2v) is 8.22. The minimum atomic E-state index is -0.167. The molecule has 0 saturated carbocycles. The zero-order valence-corrected chi connectivity index (χ0v) is 18.2. The molecule has 3 aromatic carbocycles. The van der Waals surface area contributed by atoms with Gasteiger partial charge in [0, 0.05) is 48.1 Å². The van der Waals surface area contributed by atoms with E-state index in [1.807, 2.05) is 48.5 Å². The van der Waals surface area contributed by atoms with Crippen molar-refractivity contribution >= 4 is 16.7 Å². The normalized spacial score (nSPS) is 12.0. The molecule has 0 aliphatic carbocycles. The van der Waals surface area contributed by atoms with Gasteiger partial charge in [0.1, 0.15) is 0 Å². The maximum absolute atomic E-state index is 13.2. The molecule has 4 heteroatoms. The van der Waals surface area contributed by atoms with Crippen LogP contribution in [-0.4, -0.2) is 10.4 Å². The molecule has 0 fully saturated rings. The first-order valence-electron chi connectivity index (χ1n) is 11.1. The Morgan fingerprint density at radius 3 is 2.24 bits per heavy atom. The number of para-hydroxylation sites is 1. The Balaban J connectivity index is 1.60. The van der Waals surface area contributed by atoms with Gasteiger partial charge in [-0.15, -0.1) is 0 Å². The van der Waals surface area contributed by atoms with Crippen LogP contribution in [0.1, 0.15) is 39.5 Å². The maximum Gasteiger partial charge on any atom is 0.259 e. The van der Waals surface area contributed by atoms with Crippen molar-refractivity contribution in [3.05, 3.63) is 143 Å². The van der Waals surface area contributed by atoms with Crippen LogP contribution < -0.4 is 4.73 Å². The number of Topliss-reactive ketones (excluding diaryl/α,β-unsaturated/α-hetero) is 1. The van der Waals surface area contributed by atoms with Crippen molar-refractivity contribution in [1.82, 2.24) is 4.57 Å². The fraction of sp³-hybridized carbons (Fsp3) is 0.103. The third kappa shape index (κ3) is 4.28. The smallest absolute Gasteiger partial charge is 0.259 e. The predicted molar refractivity (Wildman–Crippen MR) is 130 cm³/mol. The van der Waals surface area contributed by atoms with Crippen molar-refractivity contribution in [2.75, 3.05) is 0 Å². The molecule has 0 aliphatic heterocycles. The molecule has 0 radical (unpaired) electrons. The lowest BCUT2D eigenvalue weighted by molar-refractivity contribution is -0.607. The quantitative estimate of drug-likeness (QED) is 0.187. The van der Waals surface area contributed by atoms with Crippen molar-refractivity contribution in [3.63, 3.8) is 0 Å². The highest BCUT2D eigenvalue weighted by molar-refractivity contribution is 5.94. The average Bonchev–Trinajstić information content (AvgIpc) is 3.22. The molecule has 4 nitrogen and oxygen atoms in total. The lowest BCUT2D eigenvalue weighted by atomic mass is 9.86. The van der Waals surface area contributed by atoms with Crippen LogP contribution in [-0.2, 0) is 6.54 Å². The van der Waals surface area contributed by atoms with Crippen molar-refractivity contribution in [2.24, 2.45) is 0 Å². The predicted octanol–water partition coefficient (Wildman–Crippen LogP) is 5.73. The number of aromatic nitrogens is 2. The van der Waals surface area contributed by atoms with Crippen molar-refractivity contribution < 1.29 is 9.52 Å². The number of carbonyl (C=O) groups excluding carboxylic acids is 1. The molecule has 0 spiro atoms. The number of ketones is 1. The van der Waals surface area contributed by atoms with Gasteiger partial charge in [-0.1, -0.05) is 78.9 Å². The zero-order chi connectivity index (χ0) is 22.6. The van der Waals surface area contributed by atoms with Crippen LogP contribution >= 0.6 is 0 Å². The van der Waals surface area contributed by atoms with Gasteiger partial charge in [0.25, 0.3) is 5.69 Å². The molecule has 0 aliphatic rings. The molecule has 5 aromatic rings. The third-order valence-electron chi connectivity index (χ3n) is 6.09. The molecular weight excluding hydrogens is 408 g/mol. The van der Waals surface area contributed by atoms with E-state index < -0.39 is 0 Å². The largest absolute Gasteiger partial charge is 0.618 e. The highest BCUT2D eigenvalue weighted by Crippen LogP contribution is 2.35. The van der Waals surface area contributed by atoms with E-state index in [4.69, 9.17) is 0 Å². The summed E-state index contributed by atoms with van der Waals surface area (Å²) in [5.74, 6) is -0.333. The SMILES string of the molecule is O=C(C[C@H](c1ccccc1)c1cn(Cc2ccccc2)c2ccccc12)c1cccc[n+]1[O-]. The number of nitrogens with zero attached hydrogens (tertiary/aromatic N) is 2. The van der Waals surface area contributed by atoms with Gasteiger partial charge in [-0.3, -0.25) is 4.79 Å². The summed E-state index contributed by atoms with van der Waals surface area (Å²) in [4.78, 5) is 13.2. The van der Waals surface area contributed by atoms with Crippen LogP contribution in [0.25, 0.3) is 10.9 Å². The molecule has 2 aromatic heterocycles. The summed E-state index contributed by atoms with van der Waals surface area (Å²) < 4.78 is 2.90. The minimum Gasteiger partial charge on any atom is -0.618 e. The van der Waals surface area contributed by atoms with E-state index in [0.29, 0.717) is 4.73 Å². The summed E-state index contributed by atoms with van der Waals surface area (Å²) in [5.41, 5.74) is 4.67. The van der Waals surface area contributed by atoms with E-state index >= 15 is 0 Å². The summed E-state index contributed by atoms with van der Waals surface area (Å²) in [6, 6.07) is 33.7. The zero-order valence-electron chi connectivity index (χ0n) is 18.2. The molecule has 0 unspecified atom stereocenters. The van der Waals surface area contributed by atoms with Gasteiger partial charge in [0.15, 0.2) is 6.20 Å². The lowest BCUT2D eigenvalue weighted by Crippen LogP contribution is -2.34. The van der Waals surface area contributed by atoms with Gasteiger partial charge in [-0.05, 0) is 28.8 Å². The fourth-order valence-corrected chi connectivity index (χ4v) is 4.49. The summed E-state index contributed by atoms with van der Waals surface area (Å²) in [6.07, 6.45) is 3.75. The highest BCUT2D eigenvalue weighted by Gasteiger charge is 2.26. The summed E-state index contributed by atoms with van der Waals surface area (Å²) in [6.45, 7) is 0.746. The van der Waals surface area contributed by atoms with E-state index in [1.54, 1.807) is 18.2 Å². The first-order chi connectivity index (χ1) is 16.2. The van der Waals surface area contributed by atoms with Gasteiger partial charge in [0.05, 0.1) is 0 Å². The number of fused-ring (bicyclic) bond motifs is 1. The number of carbonyl (C=O) groups is 1. The maximum atomic E-state index is 13.2. The Labute approximate surface area is 193 Å². The topological polar surface area (TPSA) is 48.9 Å². The second-order valence-electron chi connectivity index (χ2n) is 8.22. The number of hydrogen-bond acceptors (Lipinski definition) is 2. The molecule has 0 amide bonds. The van der Waals surface area contributed by atoms with E-state index in [2.05, 4.69) is 47.2 Å². The van der Waals surface area contributed by atoms with Crippen LogP contribution in [0.2, 0.25) is 0 Å². The summed E-state index contributed by atoms with van der Waals surface area (Å²) >= 11 is 0. The average molecular weight is 433 g/mol. The Morgan fingerprint density at radius 1 is 0.818 bits per heavy atom. The monoisotopic (exact) mass is 432 g/mol. The standard InChI is InChI=1S/C29H24N2O2/c32-29(28-17-9-10-18-31(28)33)19-25(23-13-5-2-6-14-23)26-21-30(20-22-11-3-1-4-12-22)27-16-8-7-15-24(26)27/h1-18,21,25H,19-20H2/t25-/m1/s1. The van der Waals surface area contributed by atoms with Gasteiger partial charge in [-0.25, -0.2) is 0 Å². The van der Waals surface area contributed by atoms with Crippen LogP contribution in [0.4, 0.5) is 0 Å². The first-order valence-corrected chi connectivity index (χ1v) is 11.1. The Kier molecular flexibility index (Phi) is 5.73. The van der Waals surface area contributed by atoms with Gasteiger partial charge < -0.3 is 9.77 Å². The van der Waals surface area contributed by atoms with E-state index in [-0.39, 0.29) is 23.8 Å². The molecule has 1 atom stereocenters. The summed E-state index contributed by atoms with van der Waals surface area (Å²) in [7, 11) is 0. The molecule has 0 N–H and O–H groups in total. The van der Waals surface area contributed by atoms with Crippen LogP contribution in [0.15, 0.2) is 116 Å². The fourth-order valence-electron chi connectivity index (χ4n) is 4.49. The molecule has 0 bridgehead atoms. The van der Waals surface area contributed by atoms with Crippen molar-refractivity contribution in [1.29, 1.82) is 0 Å². The molecular formula is C29H24N2O2. The number of hydrogen-bond donors (Lipinski definition) is 0. The Morgan fingerprint density at radius 2 is 1.48 bits per heavy atom. The minimum absolute atomic E-state index is 0.166. The van der Waals surface area contributed by atoms with Gasteiger partial charge in [0.2, 0.25) is 5.78 Å². The van der Waals surface area contributed by atoms with Gasteiger partial charge in [-0.2, -0.15) is 4.73 Å². The highest BCUT2D eigenvalue weighted by atomic mass is 16.5. The van der Waals surface area contributed by atoms with E-state index in [1.165, 1.54) is 11.8 Å². The van der Waals surface area contributed by atoms with Crippen molar-refractivity contribution in [2.45, 2.75) is 18.9 Å². The van der Waals surface area contributed by atoms with Crippen LogP contribution in [0.3, 0.4) is 0 Å². The molecule has 33 heavy (non-hydrogen) atoms. The van der Waals surface area contributed by atoms with E-state index in [0.717, 1.165) is 28.6 Å². The van der Waals surface area contributed by atoms with Crippen LogP contribution in [0.5, 0.6) is 0 Å². The molecule has 162 valence electrons. The van der Waals surface area contributed by atoms with E-state index in [9.17, 15) is 10.0 Å². The molecule has 5 rings (SSSR count). The molecule has 0 saturated heterocycles. The number of rotatable bonds is 7. The first kappa shape index (κ1) is 20.7. The number of benzene rings is 3. The number of pyridine rings is 1. The summed E-state index contributed by atoms with van der Waals surface area (Å²) in [5, 5.41) is 13.3. The lowest BCUT2D eigenvalue weighted by Gasteiger charge is -2.16. The van der Waals surface area contributed by atoms with Gasteiger partial charge >= 0.3 is 0 Å². The van der Waals surface area contributed by atoms with Crippen molar-refractivity contribution in [3.8, 4) is 0 Å². The Hall–Kier alpha value is -4.18. The Bertz CT molecular complexity index is 1390. The van der Waals surface area contributed by atoms with Crippen LogP contribution in [0, 0.1) is 5.21 Å². The molecule has 2 heterocycles.